The van der Waals surface area contributed by atoms with Crippen LogP contribution in [0.3, 0.4) is 0 Å². The number of nitrogens with one attached hydrogen (secondary N) is 1. The minimum absolute atomic E-state index is 0.201. The summed E-state index contributed by atoms with van der Waals surface area (Å²) in [6.45, 7) is 0. The Balaban J connectivity index is 2.26. The number of benzene rings is 2. The second-order valence-electron chi connectivity index (χ2n) is 5.51. The third kappa shape index (κ3) is 3.73. The molecular formula is C16H18N2O5S. The smallest absolute Gasteiger partial charge is 0.258 e. The maximum Gasteiger partial charge on any atom is 0.258 e. The summed E-state index contributed by atoms with van der Waals surface area (Å²) in [5, 5.41) is 2.70. The highest BCUT2D eigenvalue weighted by Crippen LogP contribution is 2.24. The predicted molar refractivity (Wildman–Crippen MR) is 90.7 cm³/mol. The predicted octanol–water partition coefficient (Wildman–Crippen LogP) is 1.97. The number of hydrogen-bond acceptors (Lipinski definition) is 5. The van der Waals surface area contributed by atoms with Crippen LogP contribution in [0.2, 0.25) is 0 Å². The molecule has 2 rings (SSSR count). The molecule has 7 nitrogen and oxygen atoms in total. The van der Waals surface area contributed by atoms with Crippen LogP contribution in [0.4, 0.5) is 11.4 Å². The molecule has 1 amide bonds. The van der Waals surface area contributed by atoms with Gasteiger partial charge < -0.3 is 14.6 Å². The average Bonchev–Trinajstić information content (AvgIpc) is 2.54. The first-order chi connectivity index (χ1) is 11.1. The van der Waals surface area contributed by atoms with Crippen LogP contribution in [-0.4, -0.2) is 40.1 Å². The fraction of sp³-hybridized carbons (Fsp3) is 0.188. The van der Waals surface area contributed by atoms with Gasteiger partial charge in [0.2, 0.25) is 0 Å². The van der Waals surface area contributed by atoms with E-state index in [1.54, 1.807) is 37.4 Å². The summed E-state index contributed by atoms with van der Waals surface area (Å²) in [6, 6.07) is 12.7. The second-order valence-corrected chi connectivity index (χ2v) is 7.28. The summed E-state index contributed by atoms with van der Waals surface area (Å²) >= 11 is 0. The molecule has 0 aliphatic carbocycles. The van der Waals surface area contributed by atoms with Gasteiger partial charge in [0.15, 0.2) is 0 Å². The number of amides is 1. The normalized spacial score (nSPS) is 11.8. The summed E-state index contributed by atoms with van der Waals surface area (Å²) in [5.41, 5.74) is 1.02. The van der Waals surface area contributed by atoms with E-state index >= 15 is 0 Å². The van der Waals surface area contributed by atoms with Crippen LogP contribution in [0, 0.1) is 0 Å². The highest BCUT2D eigenvalue weighted by Gasteiger charge is 2.27. The van der Waals surface area contributed by atoms with Crippen LogP contribution >= 0.6 is 0 Å². The van der Waals surface area contributed by atoms with Gasteiger partial charge in [-0.1, -0.05) is 6.07 Å². The monoisotopic (exact) mass is 350 g/mol. The minimum atomic E-state index is -4.62. The molecule has 0 aromatic heterocycles. The van der Waals surface area contributed by atoms with Gasteiger partial charge in [-0.3, -0.25) is 4.79 Å². The van der Waals surface area contributed by atoms with Crippen LogP contribution < -0.4 is 13.9 Å². The van der Waals surface area contributed by atoms with Gasteiger partial charge in [0.05, 0.1) is 21.2 Å². The molecule has 2 aromatic carbocycles. The average molecular weight is 350 g/mol. The Bertz CT molecular complexity index is 845. The van der Waals surface area contributed by atoms with Gasteiger partial charge in [-0.25, -0.2) is 3.89 Å². The van der Waals surface area contributed by atoms with Crippen molar-refractivity contribution in [3.63, 3.8) is 0 Å². The van der Waals surface area contributed by atoms with E-state index in [2.05, 4.69) is 5.32 Å². The molecule has 128 valence electrons. The standard InChI is InChI=1S/C16H18N2O5S/c1-18(2,24(20,21)22)14-6-4-5-12(11-14)16(19)17-13-7-9-15(23-3)10-8-13/h4-11H,1-3H3,(H-,17,19,20,21,22). The summed E-state index contributed by atoms with van der Waals surface area (Å²) in [6.07, 6.45) is 0. The van der Waals surface area contributed by atoms with Crippen LogP contribution in [0.15, 0.2) is 48.5 Å². The second kappa shape index (κ2) is 6.60. The molecule has 0 fully saturated rings. The first-order valence-electron chi connectivity index (χ1n) is 7.01. The molecule has 24 heavy (non-hydrogen) atoms. The summed E-state index contributed by atoms with van der Waals surface area (Å²) in [5.74, 6) is 0.250. The molecule has 0 saturated heterocycles. The maximum absolute atomic E-state index is 12.3. The number of methoxy groups -OCH3 is 1. The van der Waals surface area contributed by atoms with Crippen LogP contribution in [0.5, 0.6) is 5.75 Å². The third-order valence-electron chi connectivity index (χ3n) is 3.64. The van der Waals surface area contributed by atoms with Crippen molar-refractivity contribution in [1.29, 1.82) is 0 Å². The maximum atomic E-state index is 12.3. The Hall–Kier alpha value is -2.42. The summed E-state index contributed by atoms with van der Waals surface area (Å²) in [7, 11) is -0.572. The molecule has 0 saturated carbocycles. The van der Waals surface area contributed by atoms with E-state index in [0.29, 0.717) is 11.4 Å². The highest BCUT2D eigenvalue weighted by molar-refractivity contribution is 7.85. The van der Waals surface area contributed by atoms with Gasteiger partial charge in [0.1, 0.15) is 11.4 Å². The zero-order valence-electron chi connectivity index (χ0n) is 13.5. The SMILES string of the molecule is COc1ccc(NC(=O)c2cccc([N+](C)(C)S(=O)(=O)[O-])c2)cc1. The number of nitrogens with zero attached hydrogens (tertiary/aromatic N) is 1. The van der Waals surface area contributed by atoms with Gasteiger partial charge in [-0.2, -0.15) is 8.42 Å². The van der Waals surface area contributed by atoms with Crippen molar-refractivity contribution in [3.05, 3.63) is 54.1 Å². The van der Waals surface area contributed by atoms with Crippen LogP contribution in [-0.2, 0) is 10.3 Å². The lowest BCUT2D eigenvalue weighted by Crippen LogP contribution is -2.46. The highest BCUT2D eigenvalue weighted by atomic mass is 32.2. The lowest BCUT2D eigenvalue weighted by molar-refractivity contribution is 0.102. The van der Waals surface area contributed by atoms with E-state index in [4.69, 9.17) is 4.74 Å². The molecule has 0 aliphatic heterocycles. The number of rotatable bonds is 5. The van der Waals surface area contributed by atoms with Crippen molar-refractivity contribution in [3.8, 4) is 5.75 Å². The quantitative estimate of drug-likeness (QED) is 0.657. The molecule has 0 atom stereocenters. The van der Waals surface area contributed by atoms with Crippen molar-refractivity contribution in [2.75, 3.05) is 26.5 Å². The number of quaternary nitrogens is 1. The zero-order valence-corrected chi connectivity index (χ0v) is 14.3. The lowest BCUT2D eigenvalue weighted by Gasteiger charge is -2.30. The molecule has 1 N–H and O–H groups in total. The van der Waals surface area contributed by atoms with Crippen molar-refractivity contribution in [1.82, 2.24) is 3.89 Å². The topological polar surface area (TPSA) is 95.5 Å². The van der Waals surface area contributed by atoms with Gasteiger partial charge in [-0.15, -0.1) is 0 Å². The first kappa shape index (κ1) is 17.9. The number of ether oxygens (including phenoxy) is 1. The Morgan fingerprint density at radius 2 is 1.75 bits per heavy atom. The number of carbonyl (C=O) groups excluding carboxylic acids is 1. The van der Waals surface area contributed by atoms with Crippen molar-refractivity contribution in [2.45, 2.75) is 0 Å². The van der Waals surface area contributed by atoms with Gasteiger partial charge >= 0.3 is 0 Å². The molecule has 0 heterocycles. The number of anilines is 1. The fourth-order valence-electron chi connectivity index (χ4n) is 1.99. The third-order valence-corrected chi connectivity index (χ3v) is 4.97. The first-order valence-corrected chi connectivity index (χ1v) is 8.37. The summed E-state index contributed by atoms with van der Waals surface area (Å²) in [4.78, 5) is 12.3. The van der Waals surface area contributed by atoms with E-state index < -0.39 is 20.1 Å². The molecule has 0 radical (unpaired) electrons. The van der Waals surface area contributed by atoms with Crippen LogP contribution in [0.25, 0.3) is 0 Å². The Kier molecular flexibility index (Phi) is 4.93. The van der Waals surface area contributed by atoms with Crippen molar-refractivity contribution < 1.29 is 22.5 Å². The molecule has 0 aliphatic rings. The number of carbonyl (C=O) groups is 1. The van der Waals surface area contributed by atoms with E-state index in [1.807, 2.05) is 0 Å². The van der Waals surface area contributed by atoms with E-state index in [0.717, 1.165) is 0 Å². The number of hydrogen-bond donors (Lipinski definition) is 1. The Morgan fingerprint density at radius 3 is 2.29 bits per heavy atom. The lowest BCUT2D eigenvalue weighted by atomic mass is 10.1. The van der Waals surface area contributed by atoms with Gasteiger partial charge in [-0.05, 0) is 30.3 Å². The van der Waals surface area contributed by atoms with E-state index in [1.165, 1.54) is 32.3 Å². The fourth-order valence-corrected chi connectivity index (χ4v) is 2.36. The van der Waals surface area contributed by atoms with E-state index in [9.17, 15) is 17.8 Å². The van der Waals surface area contributed by atoms with E-state index in [-0.39, 0.29) is 11.3 Å². The zero-order chi connectivity index (χ0) is 18.0. The largest absolute Gasteiger partial charge is 0.701 e. The molecule has 2 aromatic rings. The van der Waals surface area contributed by atoms with Crippen molar-refractivity contribution in [2.24, 2.45) is 0 Å². The molecule has 0 unspecified atom stereocenters. The molecule has 0 spiro atoms. The Morgan fingerprint density at radius 1 is 1.12 bits per heavy atom. The Labute approximate surface area is 141 Å². The molecule has 8 heteroatoms. The minimum Gasteiger partial charge on any atom is -0.701 e. The van der Waals surface area contributed by atoms with Crippen LogP contribution in [0.1, 0.15) is 10.4 Å². The van der Waals surface area contributed by atoms with Gasteiger partial charge in [0, 0.05) is 23.4 Å². The summed E-state index contributed by atoms with van der Waals surface area (Å²) < 4.78 is 38.3. The molecular weight excluding hydrogens is 332 g/mol. The van der Waals surface area contributed by atoms with Crippen molar-refractivity contribution >= 4 is 27.6 Å². The van der Waals surface area contributed by atoms with Gasteiger partial charge in [0.25, 0.3) is 16.2 Å². The molecule has 0 bridgehead atoms.